The highest BCUT2D eigenvalue weighted by atomic mass is 16.5. The summed E-state index contributed by atoms with van der Waals surface area (Å²) < 4.78 is 7.45. The number of benzene rings is 3. The SMILES string of the molecule is CCCNC(=O)c1cn(C2CN(C(c3ccccc3)(c3ccccc3)c3ccccc3)CC(CO)O2)c(=O)[nH]c1=O. The average molecular weight is 555 g/mol. The Morgan fingerprint density at radius 2 is 1.46 bits per heavy atom. The van der Waals surface area contributed by atoms with Crippen LogP contribution in [0.1, 0.15) is 46.6 Å². The van der Waals surface area contributed by atoms with Crippen LogP contribution in [-0.2, 0) is 10.3 Å². The molecule has 212 valence electrons. The number of carbonyl (C=O) groups excluding carboxylic acids is 1. The molecule has 5 rings (SSSR count). The first-order chi connectivity index (χ1) is 20.0. The van der Waals surface area contributed by atoms with Gasteiger partial charge in [-0.05, 0) is 23.1 Å². The second-order valence-corrected chi connectivity index (χ2v) is 10.1. The summed E-state index contributed by atoms with van der Waals surface area (Å²) in [5.41, 5.74) is 0.551. The summed E-state index contributed by atoms with van der Waals surface area (Å²) in [6, 6.07) is 30.3. The van der Waals surface area contributed by atoms with Gasteiger partial charge in [0.2, 0.25) is 0 Å². The molecule has 1 saturated heterocycles. The number of morpholine rings is 1. The van der Waals surface area contributed by atoms with Gasteiger partial charge in [-0.3, -0.25) is 24.0 Å². The highest BCUT2D eigenvalue weighted by molar-refractivity contribution is 5.93. The summed E-state index contributed by atoms with van der Waals surface area (Å²) >= 11 is 0. The number of nitrogens with zero attached hydrogens (tertiary/aromatic N) is 2. The number of aliphatic hydroxyl groups excluding tert-OH is 1. The van der Waals surface area contributed by atoms with Crippen LogP contribution in [0.4, 0.5) is 0 Å². The molecule has 0 spiro atoms. The van der Waals surface area contributed by atoms with E-state index in [0.717, 1.165) is 16.7 Å². The highest BCUT2D eigenvalue weighted by Crippen LogP contribution is 2.44. The lowest BCUT2D eigenvalue weighted by atomic mass is 9.75. The zero-order valence-electron chi connectivity index (χ0n) is 22.9. The highest BCUT2D eigenvalue weighted by Gasteiger charge is 2.46. The number of hydrogen-bond acceptors (Lipinski definition) is 6. The van der Waals surface area contributed by atoms with Crippen LogP contribution in [0.15, 0.2) is 107 Å². The summed E-state index contributed by atoms with van der Waals surface area (Å²) in [6.07, 6.45) is 0.395. The number of carbonyl (C=O) groups is 1. The quantitative estimate of drug-likeness (QED) is 0.274. The van der Waals surface area contributed by atoms with Crippen LogP contribution in [0.25, 0.3) is 0 Å². The molecule has 1 aliphatic rings. The fraction of sp³-hybridized carbons (Fsp3) is 0.281. The Kier molecular flexibility index (Phi) is 8.58. The molecule has 9 heteroatoms. The van der Waals surface area contributed by atoms with E-state index in [-0.39, 0.29) is 18.7 Å². The van der Waals surface area contributed by atoms with E-state index in [4.69, 9.17) is 4.74 Å². The minimum Gasteiger partial charge on any atom is -0.394 e. The molecule has 0 aliphatic carbocycles. The van der Waals surface area contributed by atoms with Crippen molar-refractivity contribution < 1.29 is 14.6 Å². The van der Waals surface area contributed by atoms with Crippen molar-refractivity contribution in [3.8, 4) is 0 Å². The smallest absolute Gasteiger partial charge is 0.330 e. The Labute approximate surface area is 238 Å². The molecule has 2 atom stereocenters. The van der Waals surface area contributed by atoms with Crippen LogP contribution in [0.3, 0.4) is 0 Å². The molecule has 1 aliphatic heterocycles. The van der Waals surface area contributed by atoms with Crippen LogP contribution in [-0.4, -0.2) is 57.8 Å². The van der Waals surface area contributed by atoms with Crippen molar-refractivity contribution in [1.29, 1.82) is 0 Å². The van der Waals surface area contributed by atoms with Crippen LogP contribution >= 0.6 is 0 Å². The molecule has 1 amide bonds. The maximum Gasteiger partial charge on any atom is 0.330 e. The number of aliphatic hydroxyl groups is 1. The predicted molar refractivity (Wildman–Crippen MR) is 156 cm³/mol. The first-order valence-corrected chi connectivity index (χ1v) is 13.8. The Balaban J connectivity index is 1.68. The second kappa shape index (κ2) is 12.5. The second-order valence-electron chi connectivity index (χ2n) is 10.1. The van der Waals surface area contributed by atoms with E-state index in [0.29, 0.717) is 19.5 Å². The van der Waals surface area contributed by atoms with Gasteiger partial charge in [-0.25, -0.2) is 4.79 Å². The largest absolute Gasteiger partial charge is 0.394 e. The summed E-state index contributed by atoms with van der Waals surface area (Å²) in [6.45, 7) is 2.59. The van der Waals surface area contributed by atoms with Crippen molar-refractivity contribution in [1.82, 2.24) is 19.8 Å². The molecule has 3 aromatic carbocycles. The van der Waals surface area contributed by atoms with Crippen molar-refractivity contribution >= 4 is 5.91 Å². The minimum absolute atomic E-state index is 0.181. The monoisotopic (exact) mass is 554 g/mol. The predicted octanol–water partition coefficient (Wildman–Crippen LogP) is 2.86. The third-order valence-electron chi connectivity index (χ3n) is 7.46. The van der Waals surface area contributed by atoms with Gasteiger partial charge in [0.15, 0.2) is 6.23 Å². The minimum atomic E-state index is -0.904. The van der Waals surface area contributed by atoms with Crippen LogP contribution in [0.5, 0.6) is 0 Å². The van der Waals surface area contributed by atoms with Crippen molar-refractivity contribution in [3.63, 3.8) is 0 Å². The van der Waals surface area contributed by atoms with E-state index in [9.17, 15) is 19.5 Å². The van der Waals surface area contributed by atoms with Crippen LogP contribution in [0, 0.1) is 0 Å². The Hall–Kier alpha value is -4.31. The van der Waals surface area contributed by atoms with Crippen molar-refractivity contribution in [3.05, 3.63) is 140 Å². The van der Waals surface area contributed by atoms with Crippen LogP contribution < -0.4 is 16.6 Å². The number of amides is 1. The van der Waals surface area contributed by atoms with E-state index in [1.54, 1.807) is 0 Å². The zero-order valence-corrected chi connectivity index (χ0v) is 22.9. The lowest BCUT2D eigenvalue weighted by Gasteiger charge is -2.50. The van der Waals surface area contributed by atoms with Gasteiger partial charge in [0.05, 0.1) is 18.2 Å². The van der Waals surface area contributed by atoms with Crippen molar-refractivity contribution in [2.45, 2.75) is 31.2 Å². The molecule has 1 aromatic heterocycles. The molecule has 2 unspecified atom stereocenters. The van der Waals surface area contributed by atoms with E-state index in [1.165, 1.54) is 10.8 Å². The van der Waals surface area contributed by atoms with Gasteiger partial charge in [-0.2, -0.15) is 0 Å². The van der Waals surface area contributed by atoms with E-state index in [2.05, 4.69) is 51.6 Å². The Morgan fingerprint density at radius 3 is 1.95 bits per heavy atom. The molecular formula is C32H34N4O5. The zero-order chi connectivity index (χ0) is 28.8. The van der Waals surface area contributed by atoms with Crippen molar-refractivity contribution in [2.24, 2.45) is 0 Å². The fourth-order valence-electron chi connectivity index (χ4n) is 5.63. The molecule has 2 heterocycles. The maximum atomic E-state index is 13.1. The number of aromatic nitrogens is 2. The summed E-state index contributed by atoms with van der Waals surface area (Å²) in [7, 11) is 0. The van der Waals surface area contributed by atoms with Gasteiger partial charge in [-0.1, -0.05) is 97.9 Å². The Bertz CT molecular complexity index is 1470. The number of rotatable bonds is 9. The number of H-pyrrole nitrogens is 1. The number of hydrogen-bond donors (Lipinski definition) is 3. The molecule has 4 aromatic rings. The van der Waals surface area contributed by atoms with Gasteiger partial charge >= 0.3 is 5.69 Å². The van der Waals surface area contributed by atoms with Gasteiger partial charge in [0.1, 0.15) is 5.56 Å². The molecule has 41 heavy (non-hydrogen) atoms. The molecule has 3 N–H and O–H groups in total. The lowest BCUT2D eigenvalue weighted by Crippen LogP contribution is -2.58. The normalized spacial score (nSPS) is 17.7. The molecule has 0 saturated carbocycles. The van der Waals surface area contributed by atoms with E-state index in [1.807, 2.05) is 61.5 Å². The van der Waals surface area contributed by atoms with Gasteiger partial charge in [-0.15, -0.1) is 0 Å². The molecule has 0 radical (unpaired) electrons. The first-order valence-electron chi connectivity index (χ1n) is 13.8. The summed E-state index contributed by atoms with van der Waals surface area (Å²) in [5, 5.41) is 13.0. The topological polar surface area (TPSA) is 117 Å². The van der Waals surface area contributed by atoms with Crippen LogP contribution in [0.2, 0.25) is 0 Å². The van der Waals surface area contributed by atoms with Crippen molar-refractivity contribution in [2.75, 3.05) is 26.2 Å². The molecule has 1 fully saturated rings. The Morgan fingerprint density at radius 1 is 0.927 bits per heavy atom. The average Bonchev–Trinajstić information content (AvgIpc) is 3.02. The van der Waals surface area contributed by atoms with Gasteiger partial charge < -0.3 is 15.2 Å². The third-order valence-corrected chi connectivity index (χ3v) is 7.46. The standard InChI is InChI=1S/C32H34N4O5/c1-2-18-33-29(38)27-20-36(31(40)34-30(27)39)28-21-35(19-26(22-37)41-28)32(23-12-6-3-7-13-23,24-14-8-4-9-15-24)25-16-10-5-11-17-25/h3-17,20,26,28,37H,2,18-19,21-22H2,1H3,(H,33,38)(H,34,39,40). The first kappa shape index (κ1) is 28.2. The van der Waals surface area contributed by atoms with E-state index >= 15 is 0 Å². The number of aromatic amines is 1. The molecule has 0 bridgehead atoms. The summed E-state index contributed by atoms with van der Waals surface area (Å²) in [5.74, 6) is -0.569. The number of nitrogens with one attached hydrogen (secondary N) is 2. The fourth-order valence-corrected chi connectivity index (χ4v) is 5.63. The maximum absolute atomic E-state index is 13.1. The lowest BCUT2D eigenvalue weighted by molar-refractivity contribution is -0.151. The molecule has 9 nitrogen and oxygen atoms in total. The van der Waals surface area contributed by atoms with E-state index < -0.39 is 35.0 Å². The van der Waals surface area contributed by atoms with Gasteiger partial charge in [0.25, 0.3) is 11.5 Å². The summed E-state index contributed by atoms with van der Waals surface area (Å²) in [4.78, 5) is 42.9. The molecular weight excluding hydrogens is 520 g/mol. The third kappa shape index (κ3) is 5.52. The number of ether oxygens (including phenoxy) is 1. The van der Waals surface area contributed by atoms with Gasteiger partial charge in [0, 0.05) is 25.8 Å².